The Morgan fingerprint density at radius 3 is 2.48 bits per heavy atom. The summed E-state index contributed by atoms with van der Waals surface area (Å²) in [5.41, 5.74) is -0.762. The second kappa shape index (κ2) is 8.05. The Morgan fingerprint density at radius 1 is 1.36 bits per heavy atom. The second-order valence-electron chi connectivity index (χ2n) is 6.19. The summed E-state index contributed by atoms with van der Waals surface area (Å²) in [6.07, 6.45) is -4.57. The fourth-order valence-electron chi connectivity index (χ4n) is 2.75. The van der Waals surface area contributed by atoms with Gasteiger partial charge in [-0.25, -0.2) is 0 Å². The molecule has 0 bridgehead atoms. The van der Waals surface area contributed by atoms with Crippen LogP contribution in [0.25, 0.3) is 0 Å². The number of hydrogen-bond acceptors (Lipinski definition) is 4. The lowest BCUT2D eigenvalue weighted by Crippen LogP contribution is -2.47. The first-order valence-electron chi connectivity index (χ1n) is 8.03. The molecular formula is C15H22BrF3N4O2. The van der Waals surface area contributed by atoms with Crippen LogP contribution in [-0.2, 0) is 15.7 Å². The SMILES string of the molecule is Cc1c(Br)c(C(F)(F)F)nn1[C@H](C)C(=O)N[C@H](C)CN1CCOCC1. The molecule has 0 unspecified atom stereocenters. The van der Waals surface area contributed by atoms with Crippen molar-refractivity contribution in [2.75, 3.05) is 32.8 Å². The number of carbonyl (C=O) groups excluding carboxylic acids is 1. The minimum absolute atomic E-state index is 0.130. The maximum absolute atomic E-state index is 13.0. The molecule has 1 aliphatic heterocycles. The number of carbonyl (C=O) groups is 1. The van der Waals surface area contributed by atoms with E-state index in [9.17, 15) is 18.0 Å². The number of amides is 1. The molecule has 1 amide bonds. The highest BCUT2D eigenvalue weighted by molar-refractivity contribution is 9.10. The van der Waals surface area contributed by atoms with Gasteiger partial charge in [0, 0.05) is 25.7 Å². The summed E-state index contributed by atoms with van der Waals surface area (Å²) in [4.78, 5) is 14.6. The van der Waals surface area contributed by atoms with Gasteiger partial charge in [0.25, 0.3) is 0 Å². The molecule has 1 aromatic heterocycles. The fourth-order valence-corrected chi connectivity index (χ4v) is 3.23. The number of alkyl halides is 3. The predicted octanol–water partition coefficient (Wildman–Crippen LogP) is 2.37. The zero-order chi connectivity index (χ0) is 18.8. The zero-order valence-electron chi connectivity index (χ0n) is 14.4. The monoisotopic (exact) mass is 426 g/mol. The zero-order valence-corrected chi connectivity index (χ0v) is 15.9. The Morgan fingerprint density at radius 2 is 1.96 bits per heavy atom. The first kappa shape index (κ1) is 20.2. The van der Waals surface area contributed by atoms with E-state index in [-0.39, 0.29) is 22.1 Å². The minimum Gasteiger partial charge on any atom is -0.379 e. The maximum atomic E-state index is 13.0. The van der Waals surface area contributed by atoms with Gasteiger partial charge in [-0.15, -0.1) is 0 Å². The Labute approximate surface area is 152 Å². The molecule has 2 heterocycles. The minimum atomic E-state index is -4.57. The smallest absolute Gasteiger partial charge is 0.379 e. The van der Waals surface area contributed by atoms with E-state index >= 15 is 0 Å². The topological polar surface area (TPSA) is 59.4 Å². The first-order valence-corrected chi connectivity index (χ1v) is 8.82. The fraction of sp³-hybridized carbons (Fsp3) is 0.733. The third-order valence-corrected chi connectivity index (χ3v) is 5.07. The molecular weight excluding hydrogens is 405 g/mol. The maximum Gasteiger partial charge on any atom is 0.436 e. The van der Waals surface area contributed by atoms with Crippen LogP contribution >= 0.6 is 15.9 Å². The van der Waals surface area contributed by atoms with E-state index < -0.39 is 17.9 Å². The molecule has 1 aromatic rings. The van der Waals surface area contributed by atoms with E-state index in [1.54, 1.807) is 0 Å². The predicted molar refractivity (Wildman–Crippen MR) is 89.2 cm³/mol. The van der Waals surface area contributed by atoms with Crippen LogP contribution < -0.4 is 5.32 Å². The summed E-state index contributed by atoms with van der Waals surface area (Å²) in [5.74, 6) is -0.368. The summed E-state index contributed by atoms with van der Waals surface area (Å²) in [7, 11) is 0. The molecule has 10 heteroatoms. The normalized spacial score (nSPS) is 18.8. The molecule has 0 spiro atoms. The van der Waals surface area contributed by atoms with E-state index in [4.69, 9.17) is 4.74 Å². The Hall–Kier alpha value is -1.13. The van der Waals surface area contributed by atoms with Crippen LogP contribution in [0.2, 0.25) is 0 Å². The van der Waals surface area contributed by atoms with Gasteiger partial charge in [0.2, 0.25) is 5.91 Å². The van der Waals surface area contributed by atoms with Gasteiger partial charge < -0.3 is 10.1 Å². The van der Waals surface area contributed by atoms with E-state index in [1.807, 2.05) is 6.92 Å². The van der Waals surface area contributed by atoms with Crippen molar-refractivity contribution in [2.45, 2.75) is 39.0 Å². The van der Waals surface area contributed by atoms with Crippen LogP contribution in [-0.4, -0.2) is 59.5 Å². The highest BCUT2D eigenvalue weighted by Gasteiger charge is 2.39. The van der Waals surface area contributed by atoms with Gasteiger partial charge in [-0.1, -0.05) is 0 Å². The number of nitrogens with one attached hydrogen (secondary N) is 1. The summed E-state index contributed by atoms with van der Waals surface area (Å²) < 4.78 is 45.1. The number of aromatic nitrogens is 2. The van der Waals surface area contributed by atoms with Crippen molar-refractivity contribution in [1.82, 2.24) is 20.0 Å². The molecule has 6 nitrogen and oxygen atoms in total. The van der Waals surface area contributed by atoms with E-state index in [1.165, 1.54) is 13.8 Å². The van der Waals surface area contributed by atoms with Crippen molar-refractivity contribution >= 4 is 21.8 Å². The molecule has 2 atom stereocenters. The van der Waals surface area contributed by atoms with Crippen molar-refractivity contribution in [2.24, 2.45) is 0 Å². The summed E-state index contributed by atoms with van der Waals surface area (Å²) >= 11 is 2.92. The lowest BCUT2D eigenvalue weighted by Gasteiger charge is -2.29. The van der Waals surface area contributed by atoms with Gasteiger partial charge >= 0.3 is 6.18 Å². The average molecular weight is 427 g/mol. The number of ether oxygens (including phenoxy) is 1. The molecule has 1 aliphatic rings. The van der Waals surface area contributed by atoms with Crippen LogP contribution in [0.3, 0.4) is 0 Å². The lowest BCUT2D eigenvalue weighted by atomic mass is 10.2. The van der Waals surface area contributed by atoms with Gasteiger partial charge in [-0.3, -0.25) is 14.4 Å². The molecule has 0 aromatic carbocycles. The molecule has 0 aliphatic carbocycles. The van der Waals surface area contributed by atoms with E-state index in [0.717, 1.165) is 17.8 Å². The molecule has 1 N–H and O–H groups in total. The second-order valence-corrected chi connectivity index (χ2v) is 6.98. The lowest BCUT2D eigenvalue weighted by molar-refractivity contribution is -0.142. The van der Waals surface area contributed by atoms with Gasteiger partial charge in [0.1, 0.15) is 6.04 Å². The quantitative estimate of drug-likeness (QED) is 0.784. The van der Waals surface area contributed by atoms with Crippen molar-refractivity contribution in [3.63, 3.8) is 0 Å². The number of rotatable bonds is 5. The van der Waals surface area contributed by atoms with Gasteiger partial charge in [0.05, 0.1) is 23.4 Å². The van der Waals surface area contributed by atoms with Crippen LogP contribution in [0.5, 0.6) is 0 Å². The van der Waals surface area contributed by atoms with Crippen molar-refractivity contribution in [3.8, 4) is 0 Å². The molecule has 1 fully saturated rings. The van der Waals surface area contributed by atoms with Gasteiger partial charge in [0.15, 0.2) is 5.69 Å². The third kappa shape index (κ3) is 4.95. The Bertz CT molecular complexity index is 615. The van der Waals surface area contributed by atoms with Crippen LogP contribution in [0.1, 0.15) is 31.3 Å². The average Bonchev–Trinajstić information content (AvgIpc) is 2.83. The number of halogens is 4. The molecule has 2 rings (SSSR count). The van der Waals surface area contributed by atoms with Crippen molar-refractivity contribution in [3.05, 3.63) is 15.9 Å². The highest BCUT2D eigenvalue weighted by atomic mass is 79.9. The van der Waals surface area contributed by atoms with Crippen molar-refractivity contribution in [1.29, 1.82) is 0 Å². The first-order chi connectivity index (χ1) is 11.6. The molecule has 142 valence electrons. The largest absolute Gasteiger partial charge is 0.436 e. The standard InChI is InChI=1S/C15H22BrF3N4O2/c1-9(8-22-4-6-25-7-5-22)20-14(24)11(3)23-10(2)12(16)13(21-23)15(17,18)19/h9,11H,4-8H2,1-3H3,(H,20,24)/t9-,11-/m1/s1. The number of morpholine rings is 1. The van der Waals surface area contributed by atoms with Gasteiger partial charge in [-0.05, 0) is 36.7 Å². The van der Waals surface area contributed by atoms with E-state index in [0.29, 0.717) is 19.8 Å². The number of hydrogen-bond donors (Lipinski definition) is 1. The van der Waals surface area contributed by atoms with Gasteiger partial charge in [-0.2, -0.15) is 18.3 Å². The summed E-state index contributed by atoms with van der Waals surface area (Å²) in [5, 5.41) is 6.42. The number of nitrogens with zero attached hydrogens (tertiary/aromatic N) is 3. The molecule has 25 heavy (non-hydrogen) atoms. The van der Waals surface area contributed by atoms with Crippen molar-refractivity contribution < 1.29 is 22.7 Å². The summed E-state index contributed by atoms with van der Waals surface area (Å²) in [6.45, 7) is 8.49. The highest BCUT2D eigenvalue weighted by Crippen LogP contribution is 2.36. The van der Waals surface area contributed by atoms with Crippen LogP contribution in [0.15, 0.2) is 4.47 Å². The Kier molecular flexibility index (Phi) is 6.50. The Balaban J connectivity index is 2.02. The third-order valence-electron chi connectivity index (χ3n) is 4.12. The van der Waals surface area contributed by atoms with E-state index in [2.05, 4.69) is 31.2 Å². The molecule has 0 radical (unpaired) electrons. The molecule has 0 saturated carbocycles. The van der Waals surface area contributed by atoms with Crippen LogP contribution in [0.4, 0.5) is 13.2 Å². The van der Waals surface area contributed by atoms with Crippen LogP contribution in [0, 0.1) is 6.92 Å². The molecule has 1 saturated heterocycles. The summed E-state index contributed by atoms with van der Waals surface area (Å²) in [6, 6.07) is -0.978.